The lowest BCUT2D eigenvalue weighted by molar-refractivity contribution is -0.158. The van der Waals surface area contributed by atoms with Crippen molar-refractivity contribution in [3.8, 4) is 0 Å². The van der Waals surface area contributed by atoms with E-state index in [4.69, 9.17) is 0 Å². The maximum absolute atomic E-state index is 11.6. The molecule has 18 heavy (non-hydrogen) atoms. The van der Waals surface area contributed by atoms with Gasteiger partial charge in [0.2, 0.25) is 5.91 Å². The van der Waals surface area contributed by atoms with E-state index in [1.54, 1.807) is 18.7 Å². The Morgan fingerprint density at radius 1 is 1.44 bits per heavy atom. The van der Waals surface area contributed by atoms with Crippen molar-refractivity contribution in [1.29, 1.82) is 0 Å². The molecular formula is C13H23NO3S. The summed E-state index contributed by atoms with van der Waals surface area (Å²) in [5, 5.41) is 20.4. The number of carbonyl (C=O) groups excluding carboxylic acids is 1. The Hall–Kier alpha value is -0.520. The molecule has 104 valence electrons. The highest BCUT2D eigenvalue weighted by molar-refractivity contribution is 8.02. The van der Waals surface area contributed by atoms with Crippen molar-refractivity contribution in [2.45, 2.75) is 63.5 Å². The van der Waals surface area contributed by atoms with Gasteiger partial charge in [-0.2, -0.15) is 0 Å². The largest absolute Gasteiger partial charge is 0.372 e. The lowest BCUT2D eigenvalue weighted by Crippen LogP contribution is -2.59. The topological polar surface area (TPSA) is 60.8 Å². The predicted molar refractivity (Wildman–Crippen MR) is 74.0 cm³/mol. The number of aliphatic hydroxyl groups is 2. The second-order valence-electron chi connectivity index (χ2n) is 5.96. The molecule has 2 N–H and O–H groups in total. The summed E-state index contributed by atoms with van der Waals surface area (Å²) in [5.74, 6) is -0.330. The van der Waals surface area contributed by atoms with Crippen LogP contribution >= 0.6 is 11.8 Å². The van der Waals surface area contributed by atoms with Crippen molar-refractivity contribution in [2.75, 3.05) is 0 Å². The molecule has 3 atom stereocenters. The van der Waals surface area contributed by atoms with E-state index in [1.807, 2.05) is 13.0 Å². The minimum atomic E-state index is -1.04. The molecule has 1 aliphatic heterocycles. The molecule has 3 unspecified atom stereocenters. The van der Waals surface area contributed by atoms with Crippen LogP contribution in [0.1, 0.15) is 41.5 Å². The van der Waals surface area contributed by atoms with E-state index in [-0.39, 0.29) is 10.7 Å². The van der Waals surface area contributed by atoms with Crippen molar-refractivity contribution < 1.29 is 15.0 Å². The second-order valence-corrected chi connectivity index (χ2v) is 8.27. The highest BCUT2D eigenvalue weighted by Crippen LogP contribution is 2.44. The third kappa shape index (κ3) is 3.08. The lowest BCUT2D eigenvalue weighted by atomic mass is 9.97. The van der Waals surface area contributed by atoms with Crippen LogP contribution in [-0.2, 0) is 4.79 Å². The van der Waals surface area contributed by atoms with E-state index < -0.39 is 17.2 Å². The van der Waals surface area contributed by atoms with E-state index in [0.29, 0.717) is 5.57 Å². The third-order valence-electron chi connectivity index (χ3n) is 2.85. The Bertz CT molecular complexity index is 375. The molecule has 0 aromatic carbocycles. The SMILES string of the molecule is CC(=O)N1C(O)C(C)=CC(C)(SC(C)(C)C)C1O. The average molecular weight is 273 g/mol. The first-order chi connectivity index (χ1) is 7.98. The highest BCUT2D eigenvalue weighted by atomic mass is 32.2. The monoisotopic (exact) mass is 273 g/mol. The smallest absolute Gasteiger partial charge is 0.223 e. The van der Waals surface area contributed by atoms with Gasteiger partial charge < -0.3 is 10.2 Å². The Morgan fingerprint density at radius 2 is 1.94 bits per heavy atom. The standard InChI is InChI=1S/C13H23NO3S/c1-8-7-13(6,18-12(3,4)5)11(17)14(9(2)15)10(8)16/h7,10-11,16-17H,1-6H3. The number of aliphatic hydroxyl groups excluding tert-OH is 2. The van der Waals surface area contributed by atoms with Crippen molar-refractivity contribution in [3.05, 3.63) is 11.6 Å². The molecule has 5 heteroatoms. The van der Waals surface area contributed by atoms with Crippen LogP contribution in [0, 0.1) is 0 Å². The number of hydrogen-bond acceptors (Lipinski definition) is 4. The van der Waals surface area contributed by atoms with E-state index in [2.05, 4.69) is 20.8 Å². The number of carbonyl (C=O) groups is 1. The summed E-state index contributed by atoms with van der Waals surface area (Å²) in [6.45, 7) is 11.2. The first-order valence-electron chi connectivity index (χ1n) is 6.02. The number of thioether (sulfide) groups is 1. The number of hydrogen-bond donors (Lipinski definition) is 2. The van der Waals surface area contributed by atoms with E-state index in [1.165, 1.54) is 6.92 Å². The molecule has 1 aliphatic rings. The Balaban J connectivity index is 3.17. The fraction of sp³-hybridized carbons (Fsp3) is 0.769. The fourth-order valence-electron chi connectivity index (χ4n) is 2.32. The summed E-state index contributed by atoms with van der Waals surface area (Å²) in [7, 11) is 0. The Kier molecular flexibility index (Phi) is 4.20. The molecule has 0 bridgehead atoms. The molecular weight excluding hydrogens is 250 g/mol. The lowest BCUT2D eigenvalue weighted by Gasteiger charge is -2.47. The quantitative estimate of drug-likeness (QED) is 0.714. The highest BCUT2D eigenvalue weighted by Gasteiger charge is 2.46. The van der Waals surface area contributed by atoms with E-state index in [9.17, 15) is 15.0 Å². The summed E-state index contributed by atoms with van der Waals surface area (Å²) >= 11 is 1.58. The maximum atomic E-state index is 11.6. The molecule has 0 aromatic heterocycles. The molecule has 0 aliphatic carbocycles. The van der Waals surface area contributed by atoms with Gasteiger partial charge in [-0.3, -0.25) is 9.69 Å². The second kappa shape index (κ2) is 4.87. The molecule has 4 nitrogen and oxygen atoms in total. The van der Waals surface area contributed by atoms with Gasteiger partial charge in [-0.15, -0.1) is 11.8 Å². The predicted octanol–water partition coefficient (Wildman–Crippen LogP) is 1.72. The molecule has 1 amide bonds. The summed E-state index contributed by atoms with van der Waals surface area (Å²) in [5.41, 5.74) is 0.690. The van der Waals surface area contributed by atoms with Gasteiger partial charge in [0.25, 0.3) is 0 Å². The normalized spacial score (nSPS) is 33.3. The fourth-order valence-corrected chi connectivity index (χ4v) is 4.10. The third-order valence-corrected chi connectivity index (χ3v) is 4.23. The summed E-state index contributed by atoms with van der Waals surface area (Å²) < 4.78 is -0.676. The van der Waals surface area contributed by atoms with Crippen LogP contribution in [0.3, 0.4) is 0 Å². The minimum Gasteiger partial charge on any atom is -0.372 e. The Morgan fingerprint density at radius 3 is 2.33 bits per heavy atom. The number of nitrogens with zero attached hydrogens (tertiary/aromatic N) is 1. The minimum absolute atomic E-state index is 0.0583. The van der Waals surface area contributed by atoms with Crippen molar-refractivity contribution in [1.82, 2.24) is 4.90 Å². The van der Waals surface area contributed by atoms with Crippen LogP contribution in [0.25, 0.3) is 0 Å². The first-order valence-corrected chi connectivity index (χ1v) is 6.84. The molecule has 0 spiro atoms. The molecule has 0 aromatic rings. The first kappa shape index (κ1) is 15.5. The van der Waals surface area contributed by atoms with Gasteiger partial charge >= 0.3 is 0 Å². The molecule has 0 saturated heterocycles. The molecule has 0 fully saturated rings. The van der Waals surface area contributed by atoms with Gasteiger partial charge in [-0.1, -0.05) is 26.8 Å². The van der Waals surface area contributed by atoms with Crippen molar-refractivity contribution in [2.24, 2.45) is 0 Å². The molecule has 1 heterocycles. The van der Waals surface area contributed by atoms with E-state index >= 15 is 0 Å². The zero-order chi connectivity index (χ0) is 14.3. The molecule has 1 rings (SSSR count). The van der Waals surface area contributed by atoms with Crippen LogP contribution < -0.4 is 0 Å². The zero-order valence-electron chi connectivity index (χ0n) is 11.9. The Labute approximate surface area is 113 Å². The van der Waals surface area contributed by atoms with Crippen molar-refractivity contribution >= 4 is 17.7 Å². The summed E-state index contributed by atoms with van der Waals surface area (Å²) in [6, 6.07) is 0. The van der Waals surface area contributed by atoms with Crippen LogP contribution in [0.4, 0.5) is 0 Å². The van der Waals surface area contributed by atoms with Gasteiger partial charge in [-0.05, 0) is 19.4 Å². The molecule has 0 saturated carbocycles. The van der Waals surface area contributed by atoms with Gasteiger partial charge in [0, 0.05) is 11.7 Å². The van der Waals surface area contributed by atoms with Crippen LogP contribution in [0.5, 0.6) is 0 Å². The van der Waals surface area contributed by atoms with Gasteiger partial charge in [0.1, 0.15) is 6.23 Å². The van der Waals surface area contributed by atoms with Crippen molar-refractivity contribution in [3.63, 3.8) is 0 Å². The van der Waals surface area contributed by atoms with Crippen LogP contribution in [0.2, 0.25) is 0 Å². The van der Waals surface area contributed by atoms with Gasteiger partial charge in [0.15, 0.2) is 6.23 Å². The van der Waals surface area contributed by atoms with Crippen LogP contribution in [-0.4, -0.2) is 43.0 Å². The average Bonchev–Trinajstić information content (AvgIpc) is 2.11. The zero-order valence-corrected chi connectivity index (χ0v) is 12.7. The summed E-state index contributed by atoms with van der Waals surface area (Å²) in [4.78, 5) is 12.7. The van der Waals surface area contributed by atoms with E-state index in [0.717, 1.165) is 4.90 Å². The van der Waals surface area contributed by atoms with Gasteiger partial charge in [-0.25, -0.2) is 0 Å². The summed E-state index contributed by atoms with van der Waals surface area (Å²) in [6.07, 6.45) is -0.207. The maximum Gasteiger partial charge on any atom is 0.223 e. The number of amides is 1. The van der Waals surface area contributed by atoms with Gasteiger partial charge in [0.05, 0.1) is 4.75 Å². The van der Waals surface area contributed by atoms with Crippen LogP contribution in [0.15, 0.2) is 11.6 Å². The number of rotatable bonds is 1. The molecule has 0 radical (unpaired) electrons.